The van der Waals surface area contributed by atoms with Gasteiger partial charge in [0.15, 0.2) is 0 Å². The van der Waals surface area contributed by atoms with E-state index in [4.69, 9.17) is 0 Å². The van der Waals surface area contributed by atoms with Gasteiger partial charge in [0.05, 0.1) is 6.61 Å². The number of nitrogens with zero attached hydrogens (tertiary/aromatic N) is 1. The zero-order chi connectivity index (χ0) is 11.8. The van der Waals surface area contributed by atoms with Gasteiger partial charge in [-0.1, -0.05) is 6.92 Å². The summed E-state index contributed by atoms with van der Waals surface area (Å²) in [5, 5.41) is 0. The summed E-state index contributed by atoms with van der Waals surface area (Å²) in [6, 6.07) is 0. The summed E-state index contributed by atoms with van der Waals surface area (Å²) in [5.74, 6) is -2.00. The van der Waals surface area contributed by atoms with Crippen molar-refractivity contribution in [3.8, 4) is 0 Å². The molecule has 0 N–H and O–H groups in total. The van der Waals surface area contributed by atoms with Crippen molar-refractivity contribution in [1.29, 1.82) is 0 Å². The smallest absolute Gasteiger partial charge is 0.325 e. The number of carbonyl (C=O) groups is 2. The molecule has 0 saturated heterocycles. The molecule has 6 heteroatoms. The Balaban J connectivity index is 4.26. The van der Waals surface area contributed by atoms with Gasteiger partial charge in [-0.2, -0.15) is 8.78 Å². The second-order valence-corrected chi connectivity index (χ2v) is 2.87. The van der Waals surface area contributed by atoms with E-state index in [0.29, 0.717) is 6.42 Å². The molecular formula is C9H15F2NO3. The first-order valence-electron chi connectivity index (χ1n) is 4.75. The standard InChI is InChI=1S/C9H15F2NO3/c1-3-5-12(9(14)8(10)11)6-7(13)15-4-2/h8H,3-6H2,1-2H3. The molecule has 88 valence electrons. The molecule has 0 aliphatic carbocycles. The van der Waals surface area contributed by atoms with Crippen molar-refractivity contribution in [2.24, 2.45) is 0 Å². The Kier molecular flexibility index (Phi) is 6.57. The van der Waals surface area contributed by atoms with E-state index < -0.39 is 24.8 Å². The molecule has 0 atom stereocenters. The highest BCUT2D eigenvalue weighted by atomic mass is 19.3. The monoisotopic (exact) mass is 223 g/mol. The number of ether oxygens (including phenoxy) is 1. The van der Waals surface area contributed by atoms with Gasteiger partial charge in [-0.3, -0.25) is 9.59 Å². The number of alkyl halides is 2. The Morgan fingerprint density at radius 1 is 1.33 bits per heavy atom. The van der Waals surface area contributed by atoms with Gasteiger partial charge in [0, 0.05) is 6.54 Å². The molecule has 0 unspecified atom stereocenters. The summed E-state index contributed by atoms with van der Waals surface area (Å²) in [5.41, 5.74) is 0. The van der Waals surface area contributed by atoms with Gasteiger partial charge >= 0.3 is 12.4 Å². The molecule has 0 aromatic rings. The van der Waals surface area contributed by atoms with Crippen LogP contribution >= 0.6 is 0 Å². The highest BCUT2D eigenvalue weighted by Crippen LogP contribution is 2.02. The molecule has 0 fully saturated rings. The first kappa shape index (κ1) is 13.8. The number of amides is 1. The van der Waals surface area contributed by atoms with Crippen LogP contribution in [0.15, 0.2) is 0 Å². The lowest BCUT2D eigenvalue weighted by molar-refractivity contribution is -0.153. The van der Waals surface area contributed by atoms with E-state index in [0.717, 1.165) is 4.90 Å². The summed E-state index contributed by atoms with van der Waals surface area (Å²) in [4.78, 5) is 22.7. The number of hydrogen-bond donors (Lipinski definition) is 0. The van der Waals surface area contributed by atoms with E-state index >= 15 is 0 Å². The third kappa shape index (κ3) is 5.29. The van der Waals surface area contributed by atoms with Crippen molar-refractivity contribution >= 4 is 11.9 Å². The van der Waals surface area contributed by atoms with E-state index in [1.54, 1.807) is 13.8 Å². The Morgan fingerprint density at radius 3 is 2.33 bits per heavy atom. The largest absolute Gasteiger partial charge is 0.465 e. The highest BCUT2D eigenvalue weighted by Gasteiger charge is 2.24. The van der Waals surface area contributed by atoms with Gasteiger partial charge in [0.25, 0.3) is 5.91 Å². The topological polar surface area (TPSA) is 46.6 Å². The van der Waals surface area contributed by atoms with Crippen LogP contribution in [0.3, 0.4) is 0 Å². The Bertz CT molecular complexity index is 221. The molecule has 0 aliphatic heterocycles. The Labute approximate surface area is 87.2 Å². The van der Waals surface area contributed by atoms with Crippen LogP contribution in [0.25, 0.3) is 0 Å². The highest BCUT2D eigenvalue weighted by molar-refractivity contribution is 5.84. The van der Waals surface area contributed by atoms with Crippen LogP contribution in [-0.2, 0) is 14.3 Å². The number of hydrogen-bond acceptors (Lipinski definition) is 3. The molecule has 4 nitrogen and oxygen atoms in total. The van der Waals surface area contributed by atoms with Crippen molar-refractivity contribution in [3.05, 3.63) is 0 Å². The summed E-state index contributed by atoms with van der Waals surface area (Å²) in [7, 11) is 0. The molecule has 0 aromatic heterocycles. The van der Waals surface area contributed by atoms with Gasteiger partial charge in [-0.05, 0) is 13.3 Å². The SMILES string of the molecule is CCCN(CC(=O)OCC)C(=O)C(F)F. The predicted molar refractivity (Wildman–Crippen MR) is 49.5 cm³/mol. The number of halogens is 2. The lowest BCUT2D eigenvalue weighted by Crippen LogP contribution is -2.40. The van der Waals surface area contributed by atoms with Crippen molar-refractivity contribution < 1.29 is 23.1 Å². The van der Waals surface area contributed by atoms with Crippen LogP contribution < -0.4 is 0 Å². The first-order valence-corrected chi connectivity index (χ1v) is 4.75. The van der Waals surface area contributed by atoms with E-state index in [2.05, 4.69) is 4.74 Å². The lowest BCUT2D eigenvalue weighted by atomic mass is 10.4. The third-order valence-corrected chi connectivity index (χ3v) is 1.62. The van der Waals surface area contributed by atoms with E-state index in [1.807, 2.05) is 0 Å². The molecule has 0 saturated carbocycles. The third-order valence-electron chi connectivity index (χ3n) is 1.62. The van der Waals surface area contributed by atoms with Gasteiger partial charge in [0.1, 0.15) is 6.54 Å². The quantitative estimate of drug-likeness (QED) is 0.632. The van der Waals surface area contributed by atoms with E-state index in [9.17, 15) is 18.4 Å². The van der Waals surface area contributed by atoms with Gasteiger partial charge in [-0.25, -0.2) is 0 Å². The summed E-state index contributed by atoms with van der Waals surface area (Å²) < 4.78 is 28.8. The van der Waals surface area contributed by atoms with Crippen LogP contribution in [0.5, 0.6) is 0 Å². The van der Waals surface area contributed by atoms with Crippen LogP contribution in [0.4, 0.5) is 8.78 Å². The molecule has 1 amide bonds. The van der Waals surface area contributed by atoms with E-state index in [1.165, 1.54) is 0 Å². The van der Waals surface area contributed by atoms with Crippen molar-refractivity contribution in [1.82, 2.24) is 4.90 Å². The second-order valence-electron chi connectivity index (χ2n) is 2.87. The van der Waals surface area contributed by atoms with Gasteiger partial charge < -0.3 is 9.64 Å². The predicted octanol–water partition coefficient (Wildman–Crippen LogP) is 1.05. The number of carbonyl (C=O) groups excluding carboxylic acids is 2. The Hall–Kier alpha value is -1.20. The fourth-order valence-corrected chi connectivity index (χ4v) is 1.04. The molecule has 0 aromatic carbocycles. The van der Waals surface area contributed by atoms with Crippen LogP contribution in [0.2, 0.25) is 0 Å². The van der Waals surface area contributed by atoms with Crippen LogP contribution in [0, 0.1) is 0 Å². The maximum Gasteiger partial charge on any atom is 0.325 e. The molecule has 0 aliphatic rings. The second kappa shape index (κ2) is 7.14. The molecular weight excluding hydrogens is 208 g/mol. The molecule has 0 spiro atoms. The molecule has 0 rings (SSSR count). The minimum atomic E-state index is -3.08. The number of rotatable bonds is 6. The molecule has 15 heavy (non-hydrogen) atoms. The minimum Gasteiger partial charge on any atom is -0.465 e. The summed E-state index contributed by atoms with van der Waals surface area (Å²) in [6.45, 7) is 3.22. The number of esters is 1. The average molecular weight is 223 g/mol. The van der Waals surface area contributed by atoms with Crippen LogP contribution in [-0.4, -0.2) is 42.9 Å². The molecule has 0 radical (unpaired) electrons. The van der Waals surface area contributed by atoms with Crippen molar-refractivity contribution in [3.63, 3.8) is 0 Å². The normalized spacial score (nSPS) is 10.2. The Morgan fingerprint density at radius 2 is 1.93 bits per heavy atom. The zero-order valence-electron chi connectivity index (χ0n) is 8.83. The first-order chi connectivity index (χ1) is 7.02. The summed E-state index contributed by atoms with van der Waals surface area (Å²) in [6.07, 6.45) is -2.57. The molecule has 0 bridgehead atoms. The van der Waals surface area contributed by atoms with Crippen LogP contribution in [0.1, 0.15) is 20.3 Å². The maximum absolute atomic E-state index is 12.1. The van der Waals surface area contributed by atoms with Crippen molar-refractivity contribution in [2.45, 2.75) is 26.7 Å². The average Bonchev–Trinajstić information content (AvgIpc) is 2.16. The zero-order valence-corrected chi connectivity index (χ0v) is 8.83. The summed E-state index contributed by atoms with van der Waals surface area (Å²) >= 11 is 0. The lowest BCUT2D eigenvalue weighted by Gasteiger charge is -2.20. The fraction of sp³-hybridized carbons (Fsp3) is 0.778. The molecule has 0 heterocycles. The van der Waals surface area contributed by atoms with Crippen molar-refractivity contribution in [2.75, 3.05) is 19.7 Å². The van der Waals surface area contributed by atoms with Gasteiger partial charge in [0.2, 0.25) is 0 Å². The minimum absolute atomic E-state index is 0.127. The fourth-order valence-electron chi connectivity index (χ4n) is 1.04. The van der Waals surface area contributed by atoms with Gasteiger partial charge in [-0.15, -0.1) is 0 Å². The van der Waals surface area contributed by atoms with E-state index in [-0.39, 0.29) is 13.2 Å². The maximum atomic E-state index is 12.1.